The molecule has 1 fully saturated rings. The minimum absolute atomic E-state index is 0.0278. The predicted molar refractivity (Wildman–Crippen MR) is 85.0 cm³/mol. The van der Waals surface area contributed by atoms with Crippen LogP contribution in [0.3, 0.4) is 0 Å². The summed E-state index contributed by atoms with van der Waals surface area (Å²) in [7, 11) is 3.34. The summed E-state index contributed by atoms with van der Waals surface area (Å²) in [6, 6.07) is 7.14. The number of nitrogens with one attached hydrogen (secondary N) is 1. The average molecular weight is 344 g/mol. The van der Waals surface area contributed by atoms with E-state index in [2.05, 4.69) is 5.32 Å². The number of alkyl halides is 3. The van der Waals surface area contributed by atoms with Gasteiger partial charge in [-0.25, -0.2) is 0 Å². The largest absolute Gasteiger partial charge is 0.497 e. The molecule has 24 heavy (non-hydrogen) atoms. The Bertz CT molecular complexity index is 550. The van der Waals surface area contributed by atoms with Gasteiger partial charge in [0.2, 0.25) is 5.91 Å². The molecule has 0 spiro atoms. The monoisotopic (exact) mass is 344 g/mol. The normalized spacial score (nSPS) is 18.2. The van der Waals surface area contributed by atoms with Gasteiger partial charge in [-0.1, -0.05) is 12.1 Å². The van der Waals surface area contributed by atoms with Gasteiger partial charge in [0.25, 0.3) is 0 Å². The zero-order chi connectivity index (χ0) is 17.8. The number of piperidine rings is 1. The first-order valence-electron chi connectivity index (χ1n) is 7.95. The molecule has 134 valence electrons. The summed E-state index contributed by atoms with van der Waals surface area (Å²) >= 11 is 0. The highest BCUT2D eigenvalue weighted by Crippen LogP contribution is 2.38. The summed E-state index contributed by atoms with van der Waals surface area (Å²) in [4.78, 5) is 13.9. The molecule has 1 saturated heterocycles. The summed E-state index contributed by atoms with van der Waals surface area (Å²) in [6.07, 6.45) is -4.24. The zero-order valence-corrected chi connectivity index (χ0v) is 13.9. The lowest BCUT2D eigenvalue weighted by atomic mass is 9.86. The average Bonchev–Trinajstić information content (AvgIpc) is 2.54. The van der Waals surface area contributed by atoms with Crippen LogP contribution in [-0.4, -0.2) is 49.8 Å². The number of methoxy groups -OCH3 is 1. The Hall–Kier alpha value is -1.76. The van der Waals surface area contributed by atoms with Crippen molar-refractivity contribution in [1.29, 1.82) is 0 Å². The Labute approximate surface area is 140 Å². The molecule has 0 bridgehead atoms. The molecule has 7 heteroatoms. The van der Waals surface area contributed by atoms with Crippen molar-refractivity contribution >= 4 is 5.91 Å². The highest BCUT2D eigenvalue weighted by Gasteiger charge is 2.56. The molecule has 0 atom stereocenters. The Morgan fingerprint density at radius 2 is 1.83 bits per heavy atom. The zero-order valence-electron chi connectivity index (χ0n) is 13.9. The minimum Gasteiger partial charge on any atom is -0.497 e. The maximum absolute atomic E-state index is 13.5. The molecular weight excluding hydrogens is 321 g/mol. The van der Waals surface area contributed by atoms with Crippen LogP contribution >= 0.6 is 0 Å². The number of carbonyl (C=O) groups excluding carboxylic acids is 1. The third-order valence-corrected chi connectivity index (χ3v) is 4.56. The molecule has 4 nitrogen and oxygen atoms in total. The minimum atomic E-state index is -4.44. The number of hydrogen-bond acceptors (Lipinski definition) is 3. The third kappa shape index (κ3) is 4.41. The molecule has 0 unspecified atom stereocenters. The topological polar surface area (TPSA) is 41.6 Å². The SMILES string of the molecule is COc1ccc(CCC(=O)NC2(C(F)(F)F)CCN(C)CC2)cc1. The quantitative estimate of drug-likeness (QED) is 0.893. The fraction of sp³-hybridized carbons (Fsp3) is 0.588. The maximum Gasteiger partial charge on any atom is 0.411 e. The number of halogens is 3. The van der Waals surface area contributed by atoms with Crippen molar-refractivity contribution in [3.8, 4) is 5.75 Å². The van der Waals surface area contributed by atoms with E-state index in [1.165, 1.54) is 0 Å². The van der Waals surface area contributed by atoms with Gasteiger partial charge in [-0.2, -0.15) is 13.2 Å². The number of amides is 1. The number of rotatable bonds is 5. The van der Waals surface area contributed by atoms with Crippen molar-refractivity contribution in [2.24, 2.45) is 0 Å². The Balaban J connectivity index is 1.95. The van der Waals surface area contributed by atoms with Crippen molar-refractivity contribution in [3.63, 3.8) is 0 Å². The molecule has 1 aliphatic rings. The Morgan fingerprint density at radius 3 is 2.33 bits per heavy atom. The molecule has 0 aromatic heterocycles. The molecular formula is C17H23F3N2O2. The standard InChI is InChI=1S/C17H23F3N2O2/c1-22-11-9-16(10-12-22,17(18,19)20)21-15(23)8-5-13-3-6-14(24-2)7-4-13/h3-4,6-7H,5,8-12H2,1-2H3,(H,21,23). The number of aryl methyl sites for hydroxylation is 1. The van der Waals surface area contributed by atoms with Crippen LogP contribution in [-0.2, 0) is 11.2 Å². The number of nitrogens with zero attached hydrogens (tertiary/aromatic N) is 1. The maximum atomic E-state index is 13.5. The van der Waals surface area contributed by atoms with Crippen LogP contribution in [0.1, 0.15) is 24.8 Å². The van der Waals surface area contributed by atoms with Crippen molar-refractivity contribution in [1.82, 2.24) is 10.2 Å². The van der Waals surface area contributed by atoms with Crippen LogP contribution in [0.25, 0.3) is 0 Å². The van der Waals surface area contributed by atoms with E-state index in [0.717, 1.165) is 5.56 Å². The lowest BCUT2D eigenvalue weighted by Crippen LogP contribution is -2.63. The van der Waals surface area contributed by atoms with E-state index >= 15 is 0 Å². The van der Waals surface area contributed by atoms with Crippen molar-refractivity contribution in [2.75, 3.05) is 27.2 Å². The molecule has 1 aromatic carbocycles. The van der Waals surface area contributed by atoms with E-state index in [4.69, 9.17) is 4.74 Å². The Kier molecular flexibility index (Phi) is 5.74. The molecule has 1 aromatic rings. The second-order valence-electron chi connectivity index (χ2n) is 6.28. The lowest BCUT2D eigenvalue weighted by Gasteiger charge is -2.42. The predicted octanol–water partition coefficient (Wildman–Crippen LogP) is 2.77. The van der Waals surface area contributed by atoms with Gasteiger partial charge in [0.1, 0.15) is 11.3 Å². The highest BCUT2D eigenvalue weighted by atomic mass is 19.4. The van der Waals surface area contributed by atoms with Crippen LogP contribution in [0.15, 0.2) is 24.3 Å². The summed E-state index contributed by atoms with van der Waals surface area (Å²) in [5.41, 5.74) is -1.22. The van der Waals surface area contributed by atoms with Gasteiger partial charge in [-0.3, -0.25) is 4.79 Å². The molecule has 2 rings (SSSR count). The molecule has 0 aliphatic carbocycles. The van der Waals surface area contributed by atoms with Crippen LogP contribution in [0.5, 0.6) is 5.75 Å². The molecule has 0 saturated carbocycles. The summed E-state index contributed by atoms with van der Waals surface area (Å²) in [6.45, 7) is 0.635. The summed E-state index contributed by atoms with van der Waals surface area (Å²) in [5.74, 6) is 0.137. The van der Waals surface area contributed by atoms with Crippen LogP contribution < -0.4 is 10.1 Å². The third-order valence-electron chi connectivity index (χ3n) is 4.56. The number of ether oxygens (including phenoxy) is 1. The number of hydrogen-bond donors (Lipinski definition) is 1. The smallest absolute Gasteiger partial charge is 0.411 e. The van der Waals surface area contributed by atoms with Gasteiger partial charge in [0.05, 0.1) is 7.11 Å². The van der Waals surface area contributed by atoms with E-state index in [0.29, 0.717) is 25.3 Å². The van der Waals surface area contributed by atoms with Crippen molar-refractivity contribution in [2.45, 2.75) is 37.4 Å². The molecule has 1 N–H and O–H groups in total. The summed E-state index contributed by atoms with van der Waals surface area (Å²) < 4.78 is 45.5. The van der Waals surface area contributed by atoms with Crippen molar-refractivity contribution < 1.29 is 22.7 Å². The van der Waals surface area contributed by atoms with Gasteiger partial charge in [-0.15, -0.1) is 0 Å². The number of benzene rings is 1. The second kappa shape index (κ2) is 7.42. The first kappa shape index (κ1) is 18.6. The van der Waals surface area contributed by atoms with E-state index < -0.39 is 17.6 Å². The van der Waals surface area contributed by atoms with E-state index in [9.17, 15) is 18.0 Å². The van der Waals surface area contributed by atoms with Gasteiger partial charge >= 0.3 is 6.18 Å². The van der Waals surface area contributed by atoms with Gasteiger partial charge in [0, 0.05) is 19.5 Å². The first-order chi connectivity index (χ1) is 11.3. The summed E-state index contributed by atoms with van der Waals surface area (Å²) in [5, 5.41) is 2.27. The number of carbonyl (C=O) groups is 1. The van der Waals surface area contributed by atoms with Gasteiger partial charge in [0.15, 0.2) is 0 Å². The van der Waals surface area contributed by atoms with Crippen LogP contribution in [0.4, 0.5) is 13.2 Å². The van der Waals surface area contributed by atoms with Crippen LogP contribution in [0, 0.1) is 0 Å². The Morgan fingerprint density at radius 1 is 1.25 bits per heavy atom. The molecule has 1 heterocycles. The van der Waals surface area contributed by atoms with E-state index in [1.807, 2.05) is 4.90 Å². The van der Waals surface area contributed by atoms with Crippen molar-refractivity contribution in [3.05, 3.63) is 29.8 Å². The molecule has 0 radical (unpaired) electrons. The fourth-order valence-electron chi connectivity index (χ4n) is 2.86. The van der Waals surface area contributed by atoms with Gasteiger partial charge in [-0.05, 0) is 44.0 Å². The molecule has 1 amide bonds. The van der Waals surface area contributed by atoms with Crippen LogP contribution in [0.2, 0.25) is 0 Å². The fourth-order valence-corrected chi connectivity index (χ4v) is 2.86. The van der Waals surface area contributed by atoms with Gasteiger partial charge < -0.3 is 15.0 Å². The van der Waals surface area contributed by atoms with E-state index in [-0.39, 0.29) is 19.3 Å². The number of likely N-dealkylation sites (tertiary alicyclic amines) is 1. The molecule has 1 aliphatic heterocycles. The first-order valence-corrected chi connectivity index (χ1v) is 7.95. The lowest BCUT2D eigenvalue weighted by molar-refractivity contribution is -0.209. The van der Waals surface area contributed by atoms with E-state index in [1.54, 1.807) is 38.4 Å². The second-order valence-corrected chi connectivity index (χ2v) is 6.28. The highest BCUT2D eigenvalue weighted by molar-refractivity contribution is 5.77.